The van der Waals surface area contributed by atoms with Crippen LogP contribution < -0.4 is 0 Å². The third kappa shape index (κ3) is 5.19. The summed E-state index contributed by atoms with van der Waals surface area (Å²) in [5.74, 6) is 0. The summed E-state index contributed by atoms with van der Waals surface area (Å²) in [4.78, 5) is 0. The number of methoxy groups -OCH3 is 1. The number of ether oxygens (including phenoxy) is 2. The van der Waals surface area contributed by atoms with Crippen molar-refractivity contribution in [1.82, 2.24) is 0 Å². The van der Waals surface area contributed by atoms with Gasteiger partial charge in [0, 0.05) is 7.11 Å². The Morgan fingerprint density at radius 1 is 1.09 bits per heavy atom. The van der Waals surface area contributed by atoms with Gasteiger partial charge in [0.2, 0.25) is 0 Å². The lowest BCUT2D eigenvalue weighted by molar-refractivity contribution is -0.0285. The Labute approximate surface area is 140 Å². The van der Waals surface area contributed by atoms with Gasteiger partial charge in [0.25, 0.3) is 0 Å². The minimum absolute atomic E-state index is 0.0682. The molecule has 0 aliphatic rings. The van der Waals surface area contributed by atoms with Gasteiger partial charge in [0.1, 0.15) is 0 Å². The molecule has 0 N–H and O–H groups in total. The second kappa shape index (κ2) is 8.85. The molecule has 0 amide bonds. The first-order chi connectivity index (χ1) is 11.1. The maximum atomic E-state index is 6.20. The first-order valence-electron chi connectivity index (χ1n) is 8.40. The molecule has 0 aliphatic heterocycles. The van der Waals surface area contributed by atoms with Crippen molar-refractivity contribution in [2.24, 2.45) is 0 Å². The molecule has 2 aromatic carbocycles. The van der Waals surface area contributed by atoms with Crippen molar-refractivity contribution in [3.05, 3.63) is 59.7 Å². The van der Waals surface area contributed by atoms with Crippen LogP contribution in [0, 0.1) is 0 Å². The van der Waals surface area contributed by atoms with Crippen LogP contribution in [0.3, 0.4) is 0 Å². The molecule has 0 bridgehead atoms. The molecule has 0 aromatic heterocycles. The van der Waals surface area contributed by atoms with Gasteiger partial charge in [0.15, 0.2) is 0 Å². The van der Waals surface area contributed by atoms with Gasteiger partial charge in [-0.05, 0) is 49.1 Å². The van der Waals surface area contributed by atoms with Gasteiger partial charge in [-0.2, -0.15) is 0 Å². The Hall–Kier alpha value is -1.64. The summed E-state index contributed by atoms with van der Waals surface area (Å²) in [5.41, 5.74) is 2.55. The Bertz CT molecular complexity index is 637. The van der Waals surface area contributed by atoms with Crippen LogP contribution in [0.15, 0.2) is 54.1 Å². The average molecular weight is 312 g/mol. The quantitative estimate of drug-likeness (QED) is 0.584. The van der Waals surface area contributed by atoms with Gasteiger partial charge in [0.05, 0.1) is 18.8 Å². The van der Waals surface area contributed by atoms with Gasteiger partial charge in [-0.1, -0.05) is 55.0 Å². The van der Waals surface area contributed by atoms with Crippen molar-refractivity contribution in [2.75, 3.05) is 13.7 Å². The number of hydrogen-bond acceptors (Lipinski definition) is 2. The molecule has 0 radical (unpaired) electrons. The number of rotatable bonds is 8. The highest BCUT2D eigenvalue weighted by atomic mass is 16.5. The molecule has 0 aliphatic carbocycles. The van der Waals surface area contributed by atoms with E-state index in [1.807, 2.05) is 0 Å². The van der Waals surface area contributed by atoms with Crippen LogP contribution in [0.25, 0.3) is 10.8 Å². The van der Waals surface area contributed by atoms with Crippen LogP contribution in [0.5, 0.6) is 0 Å². The molecule has 2 atom stereocenters. The monoisotopic (exact) mass is 312 g/mol. The highest BCUT2D eigenvalue weighted by Gasteiger charge is 2.14. The second-order valence-corrected chi connectivity index (χ2v) is 6.21. The van der Waals surface area contributed by atoms with Crippen molar-refractivity contribution in [3.8, 4) is 0 Å². The number of fused-ring (bicyclic) bond motifs is 1. The zero-order chi connectivity index (χ0) is 16.7. The van der Waals surface area contributed by atoms with Crippen molar-refractivity contribution in [1.29, 1.82) is 0 Å². The standard InChI is InChI=1S/C21H28O2/c1-5-20(22-4)15-23-21(13-10-16(2)3)19-12-11-17-8-6-7-9-18(17)14-19/h6-12,14,20-21H,5,13,15H2,1-4H3. The molecular formula is C21H28O2. The summed E-state index contributed by atoms with van der Waals surface area (Å²) in [6.07, 6.45) is 4.32. The number of allylic oxidation sites excluding steroid dienone is 1. The molecule has 0 heterocycles. The fourth-order valence-electron chi connectivity index (χ4n) is 2.63. The summed E-state index contributed by atoms with van der Waals surface area (Å²) in [5, 5.41) is 2.52. The lowest BCUT2D eigenvalue weighted by Gasteiger charge is -2.21. The van der Waals surface area contributed by atoms with E-state index >= 15 is 0 Å². The predicted octanol–water partition coefficient (Wildman–Crippen LogP) is 5.68. The van der Waals surface area contributed by atoms with Crippen LogP contribution in [0.4, 0.5) is 0 Å². The lowest BCUT2D eigenvalue weighted by Crippen LogP contribution is -2.19. The summed E-state index contributed by atoms with van der Waals surface area (Å²) in [7, 11) is 1.75. The van der Waals surface area contributed by atoms with Crippen LogP contribution in [0.2, 0.25) is 0 Å². The molecule has 2 rings (SSSR count). The summed E-state index contributed by atoms with van der Waals surface area (Å²) in [6, 6.07) is 15.0. The third-order valence-electron chi connectivity index (χ3n) is 4.16. The van der Waals surface area contributed by atoms with Gasteiger partial charge in [-0.3, -0.25) is 0 Å². The van der Waals surface area contributed by atoms with Gasteiger partial charge < -0.3 is 9.47 Å². The number of benzene rings is 2. The van der Waals surface area contributed by atoms with Gasteiger partial charge in [-0.25, -0.2) is 0 Å². The molecule has 2 unspecified atom stereocenters. The zero-order valence-electron chi connectivity index (χ0n) is 14.7. The van der Waals surface area contributed by atoms with Crippen molar-refractivity contribution >= 4 is 10.8 Å². The van der Waals surface area contributed by atoms with E-state index in [-0.39, 0.29) is 12.2 Å². The highest BCUT2D eigenvalue weighted by Crippen LogP contribution is 2.26. The summed E-state index contributed by atoms with van der Waals surface area (Å²) in [6.45, 7) is 7.00. The highest BCUT2D eigenvalue weighted by molar-refractivity contribution is 5.83. The normalized spacial score (nSPS) is 13.7. The SMILES string of the molecule is CCC(COC(CC=C(C)C)c1ccc2ccccc2c1)OC. The minimum Gasteiger partial charge on any atom is -0.379 e. The maximum Gasteiger partial charge on any atom is 0.0860 e. The third-order valence-corrected chi connectivity index (χ3v) is 4.16. The van der Waals surface area contributed by atoms with E-state index in [0.717, 1.165) is 12.8 Å². The first kappa shape index (κ1) is 17.7. The molecule has 2 aromatic rings. The van der Waals surface area contributed by atoms with E-state index in [2.05, 4.69) is 69.3 Å². The molecule has 0 saturated heterocycles. The summed E-state index contributed by atoms with van der Waals surface area (Å²) < 4.78 is 11.6. The molecule has 124 valence electrons. The van der Waals surface area contributed by atoms with Crippen LogP contribution >= 0.6 is 0 Å². The van der Waals surface area contributed by atoms with E-state index < -0.39 is 0 Å². The Morgan fingerprint density at radius 3 is 2.48 bits per heavy atom. The predicted molar refractivity (Wildman–Crippen MR) is 97.8 cm³/mol. The molecule has 2 nitrogen and oxygen atoms in total. The minimum atomic E-state index is 0.0682. The van der Waals surface area contributed by atoms with E-state index in [1.165, 1.54) is 21.9 Å². The largest absolute Gasteiger partial charge is 0.379 e. The van der Waals surface area contributed by atoms with Gasteiger partial charge >= 0.3 is 0 Å². The maximum absolute atomic E-state index is 6.20. The van der Waals surface area contributed by atoms with E-state index in [1.54, 1.807) is 7.11 Å². The Kier molecular flexibility index (Phi) is 6.82. The summed E-state index contributed by atoms with van der Waals surface area (Å²) >= 11 is 0. The topological polar surface area (TPSA) is 18.5 Å². The van der Waals surface area contributed by atoms with E-state index in [9.17, 15) is 0 Å². The van der Waals surface area contributed by atoms with Crippen LogP contribution in [-0.2, 0) is 9.47 Å². The second-order valence-electron chi connectivity index (χ2n) is 6.21. The van der Waals surface area contributed by atoms with Crippen molar-refractivity contribution in [3.63, 3.8) is 0 Å². The molecular weight excluding hydrogens is 284 g/mol. The van der Waals surface area contributed by atoms with Crippen LogP contribution in [-0.4, -0.2) is 19.8 Å². The van der Waals surface area contributed by atoms with Crippen LogP contribution in [0.1, 0.15) is 45.3 Å². The fourth-order valence-corrected chi connectivity index (χ4v) is 2.63. The number of hydrogen-bond donors (Lipinski definition) is 0. The van der Waals surface area contributed by atoms with E-state index in [0.29, 0.717) is 6.61 Å². The smallest absolute Gasteiger partial charge is 0.0860 e. The molecule has 2 heteroatoms. The fraction of sp³-hybridized carbons (Fsp3) is 0.429. The molecule has 0 fully saturated rings. The molecule has 0 spiro atoms. The lowest BCUT2D eigenvalue weighted by atomic mass is 10.0. The van der Waals surface area contributed by atoms with E-state index in [4.69, 9.17) is 9.47 Å². The van der Waals surface area contributed by atoms with Crippen molar-refractivity contribution in [2.45, 2.75) is 45.8 Å². The zero-order valence-corrected chi connectivity index (χ0v) is 14.7. The Morgan fingerprint density at radius 2 is 1.83 bits per heavy atom. The molecule has 23 heavy (non-hydrogen) atoms. The first-order valence-corrected chi connectivity index (χ1v) is 8.40. The van der Waals surface area contributed by atoms with Gasteiger partial charge in [-0.15, -0.1) is 0 Å². The average Bonchev–Trinajstić information content (AvgIpc) is 2.57. The molecule has 0 saturated carbocycles. The van der Waals surface area contributed by atoms with Crippen molar-refractivity contribution < 1.29 is 9.47 Å². The Balaban J connectivity index is 2.21.